The van der Waals surface area contributed by atoms with Crippen molar-refractivity contribution in [3.8, 4) is 5.75 Å². The molecule has 0 aromatic heterocycles. The highest BCUT2D eigenvalue weighted by Crippen LogP contribution is 2.31. The number of rotatable bonds is 4. The topological polar surface area (TPSA) is 90.4 Å². The van der Waals surface area contributed by atoms with E-state index in [1.807, 2.05) is 0 Å². The fourth-order valence-corrected chi connectivity index (χ4v) is 2.63. The fourth-order valence-electron chi connectivity index (χ4n) is 2.63. The van der Waals surface area contributed by atoms with Gasteiger partial charge in [-0.05, 0) is 25.0 Å². The van der Waals surface area contributed by atoms with Gasteiger partial charge in [-0.15, -0.1) is 0 Å². The summed E-state index contributed by atoms with van der Waals surface area (Å²) in [5.41, 5.74) is 6.69. The largest absolute Gasteiger partial charge is 0.496 e. The first-order chi connectivity index (χ1) is 9.61. The van der Waals surface area contributed by atoms with Crippen molar-refractivity contribution in [2.75, 3.05) is 12.4 Å². The Morgan fingerprint density at radius 3 is 2.80 bits per heavy atom. The molecule has 1 aromatic rings. The van der Waals surface area contributed by atoms with E-state index in [0.29, 0.717) is 11.4 Å². The van der Waals surface area contributed by atoms with E-state index in [4.69, 9.17) is 10.5 Å². The molecule has 0 aliphatic heterocycles. The van der Waals surface area contributed by atoms with Crippen LogP contribution in [0.1, 0.15) is 32.1 Å². The van der Waals surface area contributed by atoms with Crippen molar-refractivity contribution in [2.45, 2.75) is 44.2 Å². The summed E-state index contributed by atoms with van der Waals surface area (Å²) in [5, 5.41) is 14.4. The van der Waals surface area contributed by atoms with Gasteiger partial charge >= 0.3 is 0 Å². The number of nitro groups is 1. The number of ether oxygens (including phenoxy) is 1. The van der Waals surface area contributed by atoms with Crippen LogP contribution in [0, 0.1) is 10.1 Å². The lowest BCUT2D eigenvalue weighted by atomic mass is 10.0. The second-order valence-corrected chi connectivity index (χ2v) is 5.19. The maximum absolute atomic E-state index is 11.2. The summed E-state index contributed by atoms with van der Waals surface area (Å²) in [4.78, 5) is 10.8. The molecular formula is C14H21N3O3. The first-order valence-electron chi connectivity index (χ1n) is 6.96. The van der Waals surface area contributed by atoms with Crippen LogP contribution in [0.4, 0.5) is 11.4 Å². The average Bonchev–Trinajstić information content (AvgIpc) is 2.64. The third-order valence-electron chi connectivity index (χ3n) is 3.81. The molecule has 1 aliphatic carbocycles. The highest BCUT2D eigenvalue weighted by molar-refractivity contribution is 5.64. The zero-order chi connectivity index (χ0) is 14.5. The van der Waals surface area contributed by atoms with Crippen LogP contribution in [0.5, 0.6) is 5.75 Å². The predicted molar refractivity (Wildman–Crippen MR) is 78.1 cm³/mol. The SMILES string of the molecule is COc1ccc(NC2CCCCCC2N)c([N+](=O)[O-])c1. The summed E-state index contributed by atoms with van der Waals surface area (Å²) in [7, 11) is 1.49. The Labute approximate surface area is 118 Å². The molecule has 0 heterocycles. The number of nitro benzene ring substituents is 1. The number of hydrogen-bond donors (Lipinski definition) is 2. The Morgan fingerprint density at radius 1 is 1.35 bits per heavy atom. The zero-order valence-corrected chi connectivity index (χ0v) is 11.7. The lowest BCUT2D eigenvalue weighted by Gasteiger charge is -2.23. The molecule has 110 valence electrons. The van der Waals surface area contributed by atoms with E-state index >= 15 is 0 Å². The van der Waals surface area contributed by atoms with Crippen LogP contribution >= 0.6 is 0 Å². The monoisotopic (exact) mass is 279 g/mol. The van der Waals surface area contributed by atoms with Crippen LogP contribution in [0.2, 0.25) is 0 Å². The Kier molecular flexibility index (Phi) is 4.79. The molecule has 0 amide bonds. The van der Waals surface area contributed by atoms with E-state index in [1.54, 1.807) is 12.1 Å². The number of methoxy groups -OCH3 is 1. The van der Waals surface area contributed by atoms with Gasteiger partial charge in [-0.3, -0.25) is 10.1 Å². The summed E-state index contributed by atoms with van der Waals surface area (Å²) in [6, 6.07) is 4.97. The highest BCUT2D eigenvalue weighted by Gasteiger charge is 2.23. The molecule has 6 nitrogen and oxygen atoms in total. The molecular weight excluding hydrogens is 258 g/mol. The lowest BCUT2D eigenvalue weighted by Crippen LogP contribution is -2.39. The molecule has 2 rings (SSSR count). The minimum Gasteiger partial charge on any atom is -0.496 e. The Hall–Kier alpha value is -1.82. The normalized spacial score (nSPS) is 22.9. The van der Waals surface area contributed by atoms with Gasteiger partial charge in [-0.2, -0.15) is 0 Å². The summed E-state index contributed by atoms with van der Waals surface area (Å²) in [5.74, 6) is 0.479. The third kappa shape index (κ3) is 3.39. The molecule has 3 N–H and O–H groups in total. The molecule has 2 atom stereocenters. The minimum absolute atomic E-state index is 0.0285. The maximum Gasteiger partial charge on any atom is 0.296 e. The van der Waals surface area contributed by atoms with Gasteiger partial charge in [0.1, 0.15) is 11.4 Å². The van der Waals surface area contributed by atoms with Gasteiger partial charge in [-0.25, -0.2) is 0 Å². The number of hydrogen-bond acceptors (Lipinski definition) is 5. The molecule has 1 saturated carbocycles. The van der Waals surface area contributed by atoms with Crippen LogP contribution in [-0.4, -0.2) is 24.1 Å². The second-order valence-electron chi connectivity index (χ2n) is 5.19. The van der Waals surface area contributed by atoms with Crippen molar-refractivity contribution in [2.24, 2.45) is 5.73 Å². The van der Waals surface area contributed by atoms with Gasteiger partial charge in [0.05, 0.1) is 18.1 Å². The summed E-state index contributed by atoms with van der Waals surface area (Å²) in [6.45, 7) is 0. The molecule has 6 heteroatoms. The van der Waals surface area contributed by atoms with Crippen molar-refractivity contribution < 1.29 is 9.66 Å². The molecule has 1 aliphatic rings. The predicted octanol–water partition coefficient (Wildman–Crippen LogP) is 2.68. The first-order valence-corrected chi connectivity index (χ1v) is 6.96. The number of nitrogens with zero attached hydrogens (tertiary/aromatic N) is 1. The third-order valence-corrected chi connectivity index (χ3v) is 3.81. The van der Waals surface area contributed by atoms with Crippen molar-refractivity contribution in [3.63, 3.8) is 0 Å². The van der Waals surface area contributed by atoms with E-state index in [1.165, 1.54) is 19.6 Å². The molecule has 0 bridgehead atoms. The van der Waals surface area contributed by atoms with E-state index in [-0.39, 0.29) is 17.8 Å². The van der Waals surface area contributed by atoms with E-state index < -0.39 is 4.92 Å². The Balaban J connectivity index is 2.21. The van der Waals surface area contributed by atoms with Crippen molar-refractivity contribution in [1.29, 1.82) is 0 Å². The quantitative estimate of drug-likeness (QED) is 0.502. The van der Waals surface area contributed by atoms with Gasteiger partial charge in [0.2, 0.25) is 0 Å². The van der Waals surface area contributed by atoms with Crippen LogP contribution < -0.4 is 15.8 Å². The van der Waals surface area contributed by atoms with Gasteiger partial charge in [0.15, 0.2) is 0 Å². The Morgan fingerprint density at radius 2 is 2.10 bits per heavy atom. The molecule has 0 radical (unpaired) electrons. The maximum atomic E-state index is 11.2. The van der Waals surface area contributed by atoms with Crippen LogP contribution in [0.25, 0.3) is 0 Å². The van der Waals surface area contributed by atoms with E-state index in [2.05, 4.69) is 5.32 Å². The molecule has 0 spiro atoms. The van der Waals surface area contributed by atoms with Gasteiger partial charge in [0.25, 0.3) is 5.69 Å². The number of nitrogens with two attached hydrogens (primary N) is 1. The second kappa shape index (κ2) is 6.56. The number of benzene rings is 1. The zero-order valence-electron chi connectivity index (χ0n) is 11.7. The number of nitrogens with one attached hydrogen (secondary N) is 1. The first kappa shape index (κ1) is 14.6. The molecule has 2 unspecified atom stereocenters. The van der Waals surface area contributed by atoms with Crippen molar-refractivity contribution >= 4 is 11.4 Å². The molecule has 1 fully saturated rings. The van der Waals surface area contributed by atoms with Crippen LogP contribution in [0.15, 0.2) is 18.2 Å². The van der Waals surface area contributed by atoms with Gasteiger partial charge < -0.3 is 15.8 Å². The van der Waals surface area contributed by atoms with E-state index in [9.17, 15) is 10.1 Å². The van der Waals surface area contributed by atoms with Crippen LogP contribution in [-0.2, 0) is 0 Å². The highest BCUT2D eigenvalue weighted by atomic mass is 16.6. The summed E-state index contributed by atoms with van der Waals surface area (Å²) >= 11 is 0. The minimum atomic E-state index is -0.396. The van der Waals surface area contributed by atoms with Gasteiger partial charge in [-0.1, -0.05) is 19.3 Å². The summed E-state index contributed by atoms with van der Waals surface area (Å²) < 4.78 is 5.03. The lowest BCUT2D eigenvalue weighted by molar-refractivity contribution is -0.384. The summed E-state index contributed by atoms with van der Waals surface area (Å²) in [6.07, 6.45) is 5.32. The molecule has 0 saturated heterocycles. The smallest absolute Gasteiger partial charge is 0.296 e. The van der Waals surface area contributed by atoms with Crippen molar-refractivity contribution in [1.82, 2.24) is 0 Å². The molecule has 20 heavy (non-hydrogen) atoms. The number of anilines is 1. The Bertz CT molecular complexity index is 479. The van der Waals surface area contributed by atoms with Crippen molar-refractivity contribution in [3.05, 3.63) is 28.3 Å². The standard InChI is InChI=1S/C14H21N3O3/c1-20-10-7-8-13(14(9-10)17(18)19)16-12-6-4-2-3-5-11(12)15/h7-9,11-12,16H,2-6,15H2,1H3. The molecule has 1 aromatic carbocycles. The van der Waals surface area contributed by atoms with Gasteiger partial charge in [0, 0.05) is 12.1 Å². The average molecular weight is 279 g/mol. The van der Waals surface area contributed by atoms with Crippen LogP contribution in [0.3, 0.4) is 0 Å². The van der Waals surface area contributed by atoms with E-state index in [0.717, 1.165) is 25.7 Å². The fraction of sp³-hybridized carbons (Fsp3) is 0.571.